The van der Waals surface area contributed by atoms with Gasteiger partial charge < -0.3 is 16.0 Å². The zero-order valence-electron chi connectivity index (χ0n) is 9.73. The molecule has 0 saturated carbocycles. The molecule has 1 aromatic heterocycles. The van der Waals surface area contributed by atoms with Crippen molar-refractivity contribution in [1.82, 2.24) is 10.3 Å². The summed E-state index contributed by atoms with van der Waals surface area (Å²) in [5.41, 5.74) is 6.86. The third-order valence-electron chi connectivity index (χ3n) is 2.34. The highest BCUT2D eigenvalue weighted by molar-refractivity contribution is 5.92. The molecule has 5 nitrogen and oxygen atoms in total. The summed E-state index contributed by atoms with van der Waals surface area (Å²) in [6.45, 7) is 1.53. The van der Waals surface area contributed by atoms with Gasteiger partial charge in [-0.05, 0) is 25.1 Å². The summed E-state index contributed by atoms with van der Waals surface area (Å²) in [5.74, 6) is -0.172. The number of anilines is 1. The molecule has 0 aliphatic rings. The van der Waals surface area contributed by atoms with E-state index in [2.05, 4.69) is 15.2 Å². The van der Waals surface area contributed by atoms with Crippen LogP contribution in [0.5, 0.6) is 0 Å². The van der Waals surface area contributed by atoms with Crippen molar-refractivity contribution >= 4 is 11.6 Å². The van der Waals surface area contributed by atoms with Crippen LogP contribution in [0, 0.1) is 0 Å². The van der Waals surface area contributed by atoms with Crippen molar-refractivity contribution in [2.24, 2.45) is 5.73 Å². The molecule has 0 aromatic carbocycles. The molecule has 16 heavy (non-hydrogen) atoms. The Balaban J connectivity index is 2.77. The maximum absolute atomic E-state index is 11.4. The fourth-order valence-corrected chi connectivity index (χ4v) is 1.37. The van der Waals surface area contributed by atoms with Crippen molar-refractivity contribution in [3.8, 4) is 0 Å². The molecular formula is C11H18N4O. The molecule has 0 aliphatic heterocycles. The Morgan fingerprint density at radius 3 is 3.00 bits per heavy atom. The summed E-state index contributed by atoms with van der Waals surface area (Å²) in [6.07, 6.45) is 2.56. The zero-order chi connectivity index (χ0) is 12.0. The molecule has 1 amide bonds. The van der Waals surface area contributed by atoms with Crippen molar-refractivity contribution in [2.45, 2.75) is 6.42 Å². The van der Waals surface area contributed by atoms with Gasteiger partial charge in [-0.25, -0.2) is 0 Å². The lowest BCUT2D eigenvalue weighted by molar-refractivity contribution is 0.0958. The van der Waals surface area contributed by atoms with Crippen LogP contribution >= 0.6 is 0 Å². The Kier molecular flexibility index (Phi) is 4.72. The number of nitrogens with one attached hydrogen (secondary N) is 1. The lowest BCUT2D eigenvalue weighted by Gasteiger charge is -2.19. The largest absolute Gasteiger partial charge is 0.374 e. The highest BCUT2D eigenvalue weighted by Gasteiger charge is 2.07. The van der Waals surface area contributed by atoms with Crippen LogP contribution in [0.3, 0.4) is 0 Å². The standard InChI is InChI=1S/C11H18N4O/c1-13-11(16)10-8-9(4-6-14-10)15(2)7-3-5-12/h4,6,8H,3,5,7,12H2,1-2H3,(H,13,16). The van der Waals surface area contributed by atoms with Crippen molar-refractivity contribution in [1.29, 1.82) is 0 Å². The van der Waals surface area contributed by atoms with E-state index in [1.54, 1.807) is 19.3 Å². The maximum atomic E-state index is 11.4. The molecule has 1 rings (SSSR count). The first-order valence-electron chi connectivity index (χ1n) is 5.28. The van der Waals surface area contributed by atoms with Crippen LogP contribution in [-0.4, -0.2) is 38.1 Å². The van der Waals surface area contributed by atoms with E-state index < -0.39 is 0 Å². The fourth-order valence-electron chi connectivity index (χ4n) is 1.37. The lowest BCUT2D eigenvalue weighted by atomic mass is 10.2. The lowest BCUT2D eigenvalue weighted by Crippen LogP contribution is -2.23. The van der Waals surface area contributed by atoms with Gasteiger partial charge >= 0.3 is 0 Å². The first-order chi connectivity index (χ1) is 7.69. The summed E-state index contributed by atoms with van der Waals surface area (Å²) in [6, 6.07) is 3.65. The maximum Gasteiger partial charge on any atom is 0.269 e. The van der Waals surface area contributed by atoms with Crippen LogP contribution in [0.15, 0.2) is 18.3 Å². The van der Waals surface area contributed by atoms with Gasteiger partial charge in [-0.15, -0.1) is 0 Å². The van der Waals surface area contributed by atoms with Gasteiger partial charge in [0.1, 0.15) is 5.69 Å². The predicted octanol–water partition coefficient (Wildman–Crippen LogP) is 0.226. The number of carbonyl (C=O) groups is 1. The quantitative estimate of drug-likeness (QED) is 0.748. The number of hydrogen-bond acceptors (Lipinski definition) is 4. The Hall–Kier alpha value is -1.62. The number of nitrogens with two attached hydrogens (primary N) is 1. The summed E-state index contributed by atoms with van der Waals surface area (Å²) in [5, 5.41) is 2.55. The van der Waals surface area contributed by atoms with Crippen LogP contribution in [0.2, 0.25) is 0 Å². The van der Waals surface area contributed by atoms with Crippen molar-refractivity contribution in [2.75, 3.05) is 32.1 Å². The molecule has 1 aromatic rings. The summed E-state index contributed by atoms with van der Waals surface area (Å²) >= 11 is 0. The monoisotopic (exact) mass is 222 g/mol. The molecule has 0 saturated heterocycles. The predicted molar refractivity (Wildman–Crippen MR) is 64.6 cm³/mol. The third kappa shape index (κ3) is 3.20. The average molecular weight is 222 g/mol. The number of aromatic nitrogens is 1. The summed E-state index contributed by atoms with van der Waals surface area (Å²) in [4.78, 5) is 17.5. The van der Waals surface area contributed by atoms with Crippen molar-refractivity contribution in [3.05, 3.63) is 24.0 Å². The van der Waals surface area contributed by atoms with Gasteiger partial charge in [0.2, 0.25) is 0 Å². The van der Waals surface area contributed by atoms with Crippen molar-refractivity contribution < 1.29 is 4.79 Å². The molecule has 0 atom stereocenters. The molecule has 88 valence electrons. The number of carbonyl (C=O) groups excluding carboxylic acids is 1. The molecule has 0 radical (unpaired) electrons. The van der Waals surface area contributed by atoms with E-state index in [1.807, 2.05) is 13.1 Å². The minimum Gasteiger partial charge on any atom is -0.374 e. The van der Waals surface area contributed by atoms with E-state index in [4.69, 9.17) is 5.73 Å². The number of nitrogens with zero attached hydrogens (tertiary/aromatic N) is 2. The molecule has 0 aliphatic carbocycles. The second-order valence-corrected chi connectivity index (χ2v) is 3.54. The minimum atomic E-state index is -0.172. The number of pyridine rings is 1. The molecule has 0 fully saturated rings. The first kappa shape index (κ1) is 12.4. The van der Waals surface area contributed by atoms with Gasteiger partial charge in [0.25, 0.3) is 5.91 Å². The molecule has 3 N–H and O–H groups in total. The van der Waals surface area contributed by atoms with Gasteiger partial charge in [-0.3, -0.25) is 9.78 Å². The van der Waals surface area contributed by atoms with Gasteiger partial charge in [-0.2, -0.15) is 0 Å². The Bertz CT molecular complexity index is 354. The Morgan fingerprint density at radius 2 is 2.38 bits per heavy atom. The van der Waals surface area contributed by atoms with Gasteiger partial charge in [-0.1, -0.05) is 0 Å². The van der Waals surface area contributed by atoms with Crippen LogP contribution in [-0.2, 0) is 0 Å². The van der Waals surface area contributed by atoms with E-state index in [0.717, 1.165) is 18.7 Å². The highest BCUT2D eigenvalue weighted by Crippen LogP contribution is 2.12. The fraction of sp³-hybridized carbons (Fsp3) is 0.455. The Morgan fingerprint density at radius 1 is 1.62 bits per heavy atom. The Labute approximate surface area is 95.7 Å². The topological polar surface area (TPSA) is 71.2 Å². The van der Waals surface area contributed by atoms with E-state index in [1.165, 1.54) is 0 Å². The molecule has 1 heterocycles. The SMILES string of the molecule is CNC(=O)c1cc(N(C)CCCN)ccn1. The first-order valence-corrected chi connectivity index (χ1v) is 5.28. The van der Waals surface area contributed by atoms with Gasteiger partial charge in [0, 0.05) is 32.5 Å². The summed E-state index contributed by atoms with van der Waals surface area (Å²) in [7, 11) is 3.56. The number of hydrogen-bond donors (Lipinski definition) is 2. The molecular weight excluding hydrogens is 204 g/mol. The zero-order valence-corrected chi connectivity index (χ0v) is 9.73. The molecule has 0 bridgehead atoms. The van der Waals surface area contributed by atoms with Crippen molar-refractivity contribution in [3.63, 3.8) is 0 Å². The summed E-state index contributed by atoms with van der Waals surface area (Å²) < 4.78 is 0. The second kappa shape index (κ2) is 6.07. The minimum absolute atomic E-state index is 0.172. The van der Waals surface area contributed by atoms with Gasteiger partial charge in [0.05, 0.1) is 0 Å². The highest BCUT2D eigenvalue weighted by atomic mass is 16.1. The smallest absolute Gasteiger partial charge is 0.269 e. The van der Waals surface area contributed by atoms with Crippen LogP contribution in [0.4, 0.5) is 5.69 Å². The normalized spacial score (nSPS) is 9.94. The van der Waals surface area contributed by atoms with Crippen LogP contribution < -0.4 is 16.0 Å². The van der Waals surface area contributed by atoms with E-state index in [0.29, 0.717) is 12.2 Å². The van der Waals surface area contributed by atoms with E-state index >= 15 is 0 Å². The second-order valence-electron chi connectivity index (χ2n) is 3.54. The van der Waals surface area contributed by atoms with E-state index in [9.17, 15) is 4.79 Å². The van der Waals surface area contributed by atoms with E-state index in [-0.39, 0.29) is 5.91 Å². The van der Waals surface area contributed by atoms with Crippen LogP contribution in [0.1, 0.15) is 16.9 Å². The van der Waals surface area contributed by atoms with Crippen LogP contribution in [0.25, 0.3) is 0 Å². The third-order valence-corrected chi connectivity index (χ3v) is 2.34. The molecule has 5 heteroatoms. The number of amides is 1. The molecule has 0 unspecified atom stereocenters. The average Bonchev–Trinajstić information content (AvgIpc) is 2.35. The number of rotatable bonds is 5. The van der Waals surface area contributed by atoms with Gasteiger partial charge in [0.15, 0.2) is 0 Å². The molecule has 0 spiro atoms.